The molecule has 1 saturated carbocycles. The van der Waals surface area contributed by atoms with Gasteiger partial charge in [-0.2, -0.15) is 0 Å². The Labute approximate surface area is 100 Å². The van der Waals surface area contributed by atoms with Crippen LogP contribution < -0.4 is 10.6 Å². The Morgan fingerprint density at radius 2 is 2.41 bits per heavy atom. The maximum absolute atomic E-state index is 4.53. The third-order valence-electron chi connectivity index (χ3n) is 3.40. The van der Waals surface area contributed by atoms with E-state index in [9.17, 15) is 0 Å². The second-order valence-corrected chi connectivity index (χ2v) is 4.54. The largest absolute Gasteiger partial charge is 0.372 e. The van der Waals surface area contributed by atoms with Crippen LogP contribution in [0.2, 0.25) is 0 Å². The highest BCUT2D eigenvalue weighted by Gasteiger charge is 2.35. The molecule has 0 spiro atoms. The first-order valence-corrected chi connectivity index (χ1v) is 6.09. The molecule has 5 heteroatoms. The van der Waals surface area contributed by atoms with E-state index in [0.717, 1.165) is 23.2 Å². The number of hydrogen-bond donors (Lipinski definition) is 2. The average Bonchev–Trinajstić information content (AvgIpc) is 2.92. The van der Waals surface area contributed by atoms with Crippen LogP contribution in [0.4, 0.5) is 11.6 Å². The van der Waals surface area contributed by atoms with Crippen LogP contribution in [0.25, 0.3) is 5.65 Å². The molecule has 0 amide bonds. The first-order valence-electron chi connectivity index (χ1n) is 6.09. The maximum Gasteiger partial charge on any atom is 0.180 e. The Morgan fingerprint density at radius 1 is 1.53 bits per heavy atom. The van der Waals surface area contributed by atoms with E-state index < -0.39 is 0 Å². The second kappa shape index (κ2) is 3.91. The molecule has 2 unspecified atom stereocenters. The molecule has 2 atom stereocenters. The van der Waals surface area contributed by atoms with Gasteiger partial charge in [-0.3, -0.25) is 0 Å². The summed E-state index contributed by atoms with van der Waals surface area (Å²) in [5.74, 6) is 2.53. The van der Waals surface area contributed by atoms with Gasteiger partial charge in [0.2, 0.25) is 0 Å². The third kappa shape index (κ3) is 1.81. The Bertz CT molecular complexity index is 533. The van der Waals surface area contributed by atoms with Crippen molar-refractivity contribution in [3.05, 3.63) is 18.6 Å². The number of hydrogen-bond acceptors (Lipinski definition) is 4. The van der Waals surface area contributed by atoms with Crippen molar-refractivity contribution < 1.29 is 0 Å². The van der Waals surface area contributed by atoms with Crippen LogP contribution in [0, 0.1) is 5.92 Å². The molecular formula is C12H17N5. The summed E-state index contributed by atoms with van der Waals surface area (Å²) in [5, 5.41) is 6.55. The van der Waals surface area contributed by atoms with E-state index >= 15 is 0 Å². The Hall–Kier alpha value is -1.78. The van der Waals surface area contributed by atoms with Crippen molar-refractivity contribution in [2.45, 2.75) is 25.8 Å². The van der Waals surface area contributed by atoms with Gasteiger partial charge in [-0.1, -0.05) is 13.3 Å². The molecule has 0 aliphatic heterocycles. The zero-order valence-electron chi connectivity index (χ0n) is 10.1. The van der Waals surface area contributed by atoms with Crippen molar-refractivity contribution in [3.8, 4) is 0 Å². The van der Waals surface area contributed by atoms with Gasteiger partial charge in [0.15, 0.2) is 11.5 Å². The first-order chi connectivity index (χ1) is 8.31. The fraction of sp³-hybridized carbons (Fsp3) is 0.500. The quantitative estimate of drug-likeness (QED) is 0.845. The number of fused-ring (bicyclic) bond motifs is 1. The number of nitrogens with zero attached hydrogens (tertiary/aromatic N) is 3. The molecule has 0 aromatic carbocycles. The lowest BCUT2D eigenvalue weighted by atomic mass is 10.3. The molecule has 3 rings (SSSR count). The van der Waals surface area contributed by atoms with Crippen LogP contribution in [-0.2, 0) is 0 Å². The lowest BCUT2D eigenvalue weighted by Gasteiger charge is -2.08. The van der Waals surface area contributed by atoms with Crippen molar-refractivity contribution in [2.75, 3.05) is 17.7 Å². The van der Waals surface area contributed by atoms with E-state index in [4.69, 9.17) is 0 Å². The Balaban J connectivity index is 1.93. The number of imidazole rings is 1. The van der Waals surface area contributed by atoms with Crippen LogP contribution in [0.3, 0.4) is 0 Å². The summed E-state index contributed by atoms with van der Waals surface area (Å²) >= 11 is 0. The van der Waals surface area contributed by atoms with Crippen molar-refractivity contribution in [1.29, 1.82) is 0 Å². The van der Waals surface area contributed by atoms with Crippen LogP contribution in [0.1, 0.15) is 19.8 Å². The van der Waals surface area contributed by atoms with E-state index in [1.165, 1.54) is 12.8 Å². The average molecular weight is 231 g/mol. The van der Waals surface area contributed by atoms with E-state index in [1.54, 1.807) is 6.20 Å². The highest BCUT2D eigenvalue weighted by atomic mass is 15.2. The van der Waals surface area contributed by atoms with Crippen molar-refractivity contribution >= 4 is 17.3 Å². The van der Waals surface area contributed by atoms with Gasteiger partial charge in [0.05, 0.1) is 6.20 Å². The zero-order valence-corrected chi connectivity index (χ0v) is 10.1. The fourth-order valence-electron chi connectivity index (χ4n) is 2.20. The summed E-state index contributed by atoms with van der Waals surface area (Å²) in [6.07, 6.45) is 8.15. The van der Waals surface area contributed by atoms with Gasteiger partial charge in [-0.25, -0.2) is 9.97 Å². The molecule has 2 aromatic heterocycles. The number of anilines is 2. The molecule has 2 aromatic rings. The summed E-state index contributed by atoms with van der Waals surface area (Å²) < 4.78 is 1.99. The first kappa shape index (κ1) is 10.4. The summed E-state index contributed by atoms with van der Waals surface area (Å²) in [4.78, 5) is 8.87. The lowest BCUT2D eigenvalue weighted by molar-refractivity contribution is 0.773. The van der Waals surface area contributed by atoms with E-state index in [-0.39, 0.29) is 0 Å². The van der Waals surface area contributed by atoms with Crippen LogP contribution in [-0.4, -0.2) is 27.5 Å². The predicted octanol–water partition coefficient (Wildman–Crippen LogP) is 1.98. The van der Waals surface area contributed by atoms with Gasteiger partial charge < -0.3 is 15.0 Å². The van der Waals surface area contributed by atoms with E-state index in [2.05, 4.69) is 27.5 Å². The smallest absolute Gasteiger partial charge is 0.180 e. The van der Waals surface area contributed by atoms with Crippen molar-refractivity contribution in [1.82, 2.24) is 14.4 Å². The van der Waals surface area contributed by atoms with E-state index in [0.29, 0.717) is 6.04 Å². The van der Waals surface area contributed by atoms with Crippen molar-refractivity contribution in [2.24, 2.45) is 5.92 Å². The van der Waals surface area contributed by atoms with Gasteiger partial charge in [-0.05, 0) is 12.3 Å². The molecule has 0 radical (unpaired) electrons. The highest BCUT2D eigenvalue weighted by molar-refractivity contribution is 5.66. The van der Waals surface area contributed by atoms with Gasteiger partial charge in [0, 0.05) is 25.5 Å². The molecule has 90 valence electrons. The number of nitrogens with one attached hydrogen (secondary N) is 2. The molecule has 1 fully saturated rings. The number of aromatic nitrogens is 3. The normalized spacial score (nSPS) is 22.7. The Kier molecular flexibility index (Phi) is 2.39. The van der Waals surface area contributed by atoms with Crippen LogP contribution in [0.15, 0.2) is 18.6 Å². The number of rotatable bonds is 4. The zero-order chi connectivity index (χ0) is 11.8. The molecule has 1 aliphatic carbocycles. The fourth-order valence-corrected chi connectivity index (χ4v) is 2.20. The minimum atomic E-state index is 0.570. The van der Waals surface area contributed by atoms with Crippen LogP contribution in [0.5, 0.6) is 0 Å². The molecule has 2 heterocycles. The van der Waals surface area contributed by atoms with E-state index in [1.807, 2.05) is 23.8 Å². The highest BCUT2D eigenvalue weighted by Crippen LogP contribution is 2.36. The Morgan fingerprint density at radius 3 is 3.12 bits per heavy atom. The minimum absolute atomic E-state index is 0.570. The van der Waals surface area contributed by atoms with Gasteiger partial charge in [0.1, 0.15) is 5.82 Å². The lowest BCUT2D eigenvalue weighted by Crippen LogP contribution is -2.09. The molecule has 17 heavy (non-hydrogen) atoms. The second-order valence-electron chi connectivity index (χ2n) is 4.54. The van der Waals surface area contributed by atoms with Crippen molar-refractivity contribution in [3.63, 3.8) is 0 Å². The van der Waals surface area contributed by atoms with Gasteiger partial charge in [0.25, 0.3) is 0 Å². The summed E-state index contributed by atoms with van der Waals surface area (Å²) in [6.45, 7) is 2.23. The van der Waals surface area contributed by atoms with Crippen LogP contribution >= 0.6 is 0 Å². The molecule has 0 saturated heterocycles. The molecule has 2 N–H and O–H groups in total. The molecule has 5 nitrogen and oxygen atoms in total. The maximum atomic E-state index is 4.53. The SMILES string of the molecule is CCC1CC1Nc1nc(NC)cn2ccnc12. The summed E-state index contributed by atoms with van der Waals surface area (Å²) in [5.41, 5.74) is 0.894. The standard InChI is InChI=1S/C12H17N5/c1-3-8-6-9(8)15-11-12-14-4-5-17(12)7-10(13-2)16-11/h4-5,7-9,13H,3,6H2,1-2H3,(H,15,16). The third-order valence-corrected chi connectivity index (χ3v) is 3.40. The summed E-state index contributed by atoms with van der Waals surface area (Å²) in [6, 6.07) is 0.570. The summed E-state index contributed by atoms with van der Waals surface area (Å²) in [7, 11) is 1.88. The minimum Gasteiger partial charge on any atom is -0.372 e. The molecule has 0 bridgehead atoms. The topological polar surface area (TPSA) is 54.2 Å². The van der Waals surface area contributed by atoms with Gasteiger partial charge in [-0.15, -0.1) is 0 Å². The molecule has 1 aliphatic rings. The van der Waals surface area contributed by atoms with Gasteiger partial charge >= 0.3 is 0 Å². The predicted molar refractivity (Wildman–Crippen MR) is 68.3 cm³/mol. The monoisotopic (exact) mass is 231 g/mol. The molecular weight excluding hydrogens is 214 g/mol.